The first-order valence-corrected chi connectivity index (χ1v) is 7.11. The van der Waals surface area contributed by atoms with Crippen molar-refractivity contribution in [3.05, 3.63) is 41.7 Å². The van der Waals surface area contributed by atoms with E-state index in [0.29, 0.717) is 16.5 Å². The molecule has 0 saturated carbocycles. The van der Waals surface area contributed by atoms with Gasteiger partial charge in [-0.05, 0) is 37.6 Å². The van der Waals surface area contributed by atoms with E-state index in [1.807, 2.05) is 32.0 Å². The molecular formula is C14H16N4OS. The highest BCUT2D eigenvalue weighted by Gasteiger charge is 2.07. The molecule has 0 saturated heterocycles. The van der Waals surface area contributed by atoms with Crippen LogP contribution < -0.4 is 11.1 Å². The van der Waals surface area contributed by atoms with Crippen molar-refractivity contribution in [1.82, 2.24) is 9.97 Å². The number of aryl methyl sites for hydroxylation is 2. The largest absolute Gasteiger partial charge is 0.397 e. The fraction of sp³-hybridized carbons (Fsp3) is 0.214. The van der Waals surface area contributed by atoms with Crippen LogP contribution >= 0.6 is 11.8 Å². The minimum Gasteiger partial charge on any atom is -0.397 e. The number of thioether (sulfide) groups is 1. The Hall–Kier alpha value is -2.08. The zero-order valence-corrected chi connectivity index (χ0v) is 12.2. The van der Waals surface area contributed by atoms with Crippen LogP contribution in [0.2, 0.25) is 0 Å². The second kappa shape index (κ2) is 6.38. The van der Waals surface area contributed by atoms with E-state index in [1.54, 1.807) is 12.3 Å². The van der Waals surface area contributed by atoms with E-state index in [1.165, 1.54) is 11.8 Å². The van der Waals surface area contributed by atoms with E-state index < -0.39 is 0 Å². The van der Waals surface area contributed by atoms with Crippen molar-refractivity contribution >= 4 is 29.0 Å². The SMILES string of the molecule is Cc1ccc(NC(=O)CSc2nccc(C)n2)c(N)c1. The number of rotatable bonds is 4. The number of anilines is 2. The van der Waals surface area contributed by atoms with Gasteiger partial charge in [0.25, 0.3) is 0 Å². The van der Waals surface area contributed by atoms with Crippen LogP contribution in [0.5, 0.6) is 0 Å². The van der Waals surface area contributed by atoms with E-state index in [0.717, 1.165) is 11.3 Å². The van der Waals surface area contributed by atoms with E-state index in [9.17, 15) is 4.79 Å². The molecule has 0 aliphatic rings. The molecule has 2 rings (SSSR count). The first-order valence-electron chi connectivity index (χ1n) is 6.13. The highest BCUT2D eigenvalue weighted by molar-refractivity contribution is 7.99. The van der Waals surface area contributed by atoms with Gasteiger partial charge in [0.15, 0.2) is 5.16 Å². The molecule has 0 unspecified atom stereocenters. The van der Waals surface area contributed by atoms with Gasteiger partial charge in [-0.15, -0.1) is 0 Å². The van der Waals surface area contributed by atoms with Crippen LogP contribution in [0.3, 0.4) is 0 Å². The quantitative estimate of drug-likeness (QED) is 0.513. The van der Waals surface area contributed by atoms with E-state index in [2.05, 4.69) is 15.3 Å². The summed E-state index contributed by atoms with van der Waals surface area (Å²) in [5, 5.41) is 3.38. The topological polar surface area (TPSA) is 80.9 Å². The van der Waals surface area contributed by atoms with Crippen molar-refractivity contribution in [3.8, 4) is 0 Å². The Morgan fingerprint density at radius 2 is 2.15 bits per heavy atom. The summed E-state index contributed by atoms with van der Waals surface area (Å²) in [7, 11) is 0. The molecule has 6 heteroatoms. The third kappa shape index (κ3) is 3.96. The number of amides is 1. The fourth-order valence-electron chi connectivity index (χ4n) is 1.61. The Morgan fingerprint density at radius 1 is 1.35 bits per heavy atom. The fourth-order valence-corrected chi connectivity index (χ4v) is 2.28. The maximum absolute atomic E-state index is 11.9. The lowest BCUT2D eigenvalue weighted by Gasteiger charge is -2.08. The maximum atomic E-state index is 11.9. The smallest absolute Gasteiger partial charge is 0.234 e. The number of nitrogen functional groups attached to an aromatic ring is 1. The van der Waals surface area contributed by atoms with E-state index >= 15 is 0 Å². The van der Waals surface area contributed by atoms with Crippen LogP contribution in [0, 0.1) is 13.8 Å². The summed E-state index contributed by atoms with van der Waals surface area (Å²) in [6.07, 6.45) is 1.68. The predicted molar refractivity (Wildman–Crippen MR) is 81.7 cm³/mol. The molecule has 0 fully saturated rings. The number of nitrogens with one attached hydrogen (secondary N) is 1. The standard InChI is InChI=1S/C14H16N4OS/c1-9-3-4-12(11(15)7-9)18-13(19)8-20-14-16-6-5-10(2)17-14/h3-7H,8,15H2,1-2H3,(H,18,19). The van der Waals surface area contributed by atoms with Crippen molar-refractivity contribution in [1.29, 1.82) is 0 Å². The number of hydrogen-bond donors (Lipinski definition) is 2. The molecule has 5 nitrogen and oxygen atoms in total. The molecule has 1 heterocycles. The molecule has 0 atom stereocenters. The lowest BCUT2D eigenvalue weighted by atomic mass is 10.2. The van der Waals surface area contributed by atoms with Crippen molar-refractivity contribution in [2.45, 2.75) is 19.0 Å². The maximum Gasteiger partial charge on any atom is 0.234 e. The minimum atomic E-state index is -0.129. The van der Waals surface area contributed by atoms with Gasteiger partial charge in [-0.3, -0.25) is 4.79 Å². The number of carbonyl (C=O) groups excluding carboxylic acids is 1. The summed E-state index contributed by atoms with van der Waals surface area (Å²) in [6, 6.07) is 7.35. The average Bonchev–Trinajstić information content (AvgIpc) is 2.40. The number of benzene rings is 1. The highest BCUT2D eigenvalue weighted by atomic mass is 32.2. The van der Waals surface area contributed by atoms with Gasteiger partial charge in [0.05, 0.1) is 17.1 Å². The molecule has 104 valence electrons. The van der Waals surface area contributed by atoms with Gasteiger partial charge in [0, 0.05) is 11.9 Å². The van der Waals surface area contributed by atoms with Crippen LogP contribution in [0.25, 0.3) is 0 Å². The summed E-state index contributed by atoms with van der Waals surface area (Å²) in [5.41, 5.74) is 8.99. The molecular weight excluding hydrogens is 272 g/mol. The second-order valence-electron chi connectivity index (χ2n) is 4.41. The molecule has 3 N–H and O–H groups in total. The van der Waals surface area contributed by atoms with Gasteiger partial charge >= 0.3 is 0 Å². The molecule has 1 aromatic heterocycles. The Bertz CT molecular complexity index is 630. The van der Waals surface area contributed by atoms with Crippen LogP contribution in [-0.2, 0) is 4.79 Å². The van der Waals surface area contributed by atoms with Gasteiger partial charge in [-0.2, -0.15) is 0 Å². The molecule has 0 aliphatic heterocycles. The average molecular weight is 288 g/mol. The Morgan fingerprint density at radius 3 is 2.85 bits per heavy atom. The molecule has 0 bridgehead atoms. The van der Waals surface area contributed by atoms with E-state index in [-0.39, 0.29) is 11.7 Å². The molecule has 1 amide bonds. The molecule has 0 spiro atoms. The summed E-state index contributed by atoms with van der Waals surface area (Å²) < 4.78 is 0. The summed E-state index contributed by atoms with van der Waals surface area (Å²) in [5.74, 6) is 0.118. The first kappa shape index (κ1) is 14.3. The van der Waals surface area contributed by atoms with Crippen LogP contribution in [0.15, 0.2) is 35.6 Å². The Kier molecular flexibility index (Phi) is 4.57. The van der Waals surface area contributed by atoms with Crippen molar-refractivity contribution < 1.29 is 4.79 Å². The van der Waals surface area contributed by atoms with Crippen LogP contribution in [0.1, 0.15) is 11.3 Å². The number of aromatic nitrogens is 2. The second-order valence-corrected chi connectivity index (χ2v) is 5.35. The molecule has 1 aromatic carbocycles. The molecule has 0 radical (unpaired) electrons. The normalized spacial score (nSPS) is 10.3. The molecule has 20 heavy (non-hydrogen) atoms. The Labute approximate surface area is 122 Å². The van der Waals surface area contributed by atoms with Crippen molar-refractivity contribution in [2.75, 3.05) is 16.8 Å². The minimum absolute atomic E-state index is 0.129. The third-order valence-electron chi connectivity index (χ3n) is 2.59. The van der Waals surface area contributed by atoms with Crippen molar-refractivity contribution in [2.24, 2.45) is 0 Å². The van der Waals surface area contributed by atoms with Gasteiger partial charge in [0.1, 0.15) is 0 Å². The third-order valence-corrected chi connectivity index (χ3v) is 3.45. The molecule has 0 aliphatic carbocycles. The van der Waals surface area contributed by atoms with Gasteiger partial charge in [-0.25, -0.2) is 9.97 Å². The summed E-state index contributed by atoms with van der Waals surface area (Å²) >= 11 is 1.30. The predicted octanol–water partition coefficient (Wildman–Crippen LogP) is 2.41. The lowest BCUT2D eigenvalue weighted by molar-refractivity contribution is -0.113. The number of nitrogens with two attached hydrogens (primary N) is 1. The monoisotopic (exact) mass is 288 g/mol. The van der Waals surface area contributed by atoms with Crippen LogP contribution in [0.4, 0.5) is 11.4 Å². The molecule has 2 aromatic rings. The lowest BCUT2D eigenvalue weighted by Crippen LogP contribution is -2.15. The summed E-state index contributed by atoms with van der Waals surface area (Å²) in [6.45, 7) is 3.84. The van der Waals surface area contributed by atoms with Crippen LogP contribution in [-0.4, -0.2) is 21.6 Å². The van der Waals surface area contributed by atoms with Gasteiger partial charge in [0.2, 0.25) is 5.91 Å². The first-order chi connectivity index (χ1) is 9.54. The Balaban J connectivity index is 1.92. The van der Waals surface area contributed by atoms with E-state index in [4.69, 9.17) is 5.73 Å². The number of hydrogen-bond acceptors (Lipinski definition) is 5. The van der Waals surface area contributed by atoms with Gasteiger partial charge in [-0.1, -0.05) is 17.8 Å². The van der Waals surface area contributed by atoms with Crippen molar-refractivity contribution in [3.63, 3.8) is 0 Å². The van der Waals surface area contributed by atoms with Gasteiger partial charge < -0.3 is 11.1 Å². The number of carbonyl (C=O) groups is 1. The highest BCUT2D eigenvalue weighted by Crippen LogP contribution is 2.20. The summed E-state index contributed by atoms with van der Waals surface area (Å²) in [4.78, 5) is 20.2. The zero-order valence-electron chi connectivity index (χ0n) is 11.4. The number of nitrogens with zero attached hydrogens (tertiary/aromatic N) is 2. The zero-order chi connectivity index (χ0) is 14.5.